The average molecular weight is 120 g/mol. The Kier molecular flexibility index (Phi) is 0.878. The Bertz CT molecular complexity index is 240. The number of aliphatic hydroxyl groups excluding tert-OH is 1. The van der Waals surface area contributed by atoms with Gasteiger partial charge in [0.2, 0.25) is 0 Å². The SMILES string of the molecule is OCc1cccc2c1C2. The molecule has 0 spiro atoms. The van der Waals surface area contributed by atoms with E-state index in [1.54, 1.807) is 0 Å². The van der Waals surface area contributed by atoms with Gasteiger partial charge in [-0.3, -0.25) is 0 Å². The van der Waals surface area contributed by atoms with E-state index in [1.165, 1.54) is 11.1 Å². The van der Waals surface area contributed by atoms with E-state index < -0.39 is 0 Å². The van der Waals surface area contributed by atoms with E-state index in [-0.39, 0.29) is 6.61 Å². The molecule has 0 aliphatic heterocycles. The summed E-state index contributed by atoms with van der Waals surface area (Å²) in [4.78, 5) is 0. The molecular formula is C8H8O. The minimum atomic E-state index is 0.198. The maximum atomic E-state index is 8.75. The first-order valence-electron chi connectivity index (χ1n) is 3.12. The van der Waals surface area contributed by atoms with Crippen molar-refractivity contribution in [2.45, 2.75) is 13.0 Å². The number of aliphatic hydroxyl groups is 1. The average Bonchev–Trinajstić information content (AvgIpc) is 2.64. The standard InChI is InChI=1S/C8H8O/c9-5-7-3-1-2-6-4-8(6)7/h1-3,9H,4-5H2. The molecule has 1 aliphatic carbocycles. The van der Waals surface area contributed by atoms with E-state index >= 15 is 0 Å². The fourth-order valence-corrected chi connectivity index (χ4v) is 1.15. The zero-order valence-corrected chi connectivity index (χ0v) is 5.09. The molecule has 0 saturated carbocycles. The minimum Gasteiger partial charge on any atom is -0.392 e. The maximum Gasteiger partial charge on any atom is 0.0684 e. The molecule has 46 valence electrons. The van der Waals surface area contributed by atoms with Crippen molar-refractivity contribution in [3.8, 4) is 0 Å². The topological polar surface area (TPSA) is 20.2 Å². The van der Waals surface area contributed by atoms with Gasteiger partial charge in [0, 0.05) is 0 Å². The van der Waals surface area contributed by atoms with Gasteiger partial charge in [0.05, 0.1) is 6.61 Å². The Morgan fingerprint density at radius 2 is 2.33 bits per heavy atom. The molecule has 0 aromatic heterocycles. The summed E-state index contributed by atoms with van der Waals surface area (Å²) in [6.07, 6.45) is 1.10. The quantitative estimate of drug-likeness (QED) is 0.597. The van der Waals surface area contributed by atoms with Crippen LogP contribution in [0.15, 0.2) is 18.2 Å². The second-order valence-corrected chi connectivity index (χ2v) is 2.39. The van der Waals surface area contributed by atoms with Crippen molar-refractivity contribution in [1.29, 1.82) is 0 Å². The molecule has 0 amide bonds. The molecule has 1 aromatic carbocycles. The van der Waals surface area contributed by atoms with Crippen LogP contribution in [0.2, 0.25) is 0 Å². The lowest BCUT2D eigenvalue weighted by atomic mass is 10.2. The second-order valence-electron chi connectivity index (χ2n) is 2.39. The smallest absolute Gasteiger partial charge is 0.0684 e. The molecule has 0 bridgehead atoms. The lowest BCUT2D eigenvalue weighted by molar-refractivity contribution is 0.281. The van der Waals surface area contributed by atoms with Crippen molar-refractivity contribution in [3.05, 3.63) is 34.9 Å². The van der Waals surface area contributed by atoms with Gasteiger partial charge in [0.15, 0.2) is 0 Å². The van der Waals surface area contributed by atoms with Crippen molar-refractivity contribution in [2.75, 3.05) is 0 Å². The predicted molar refractivity (Wildman–Crippen MR) is 35.2 cm³/mol. The first kappa shape index (κ1) is 5.00. The highest BCUT2D eigenvalue weighted by atomic mass is 16.3. The number of hydrogen-bond donors (Lipinski definition) is 1. The van der Waals surface area contributed by atoms with Crippen LogP contribution < -0.4 is 0 Å². The Balaban J connectivity index is 2.51. The Labute approximate surface area is 53.9 Å². The lowest BCUT2D eigenvalue weighted by Gasteiger charge is -1.89. The molecule has 1 aromatic rings. The molecule has 1 N–H and O–H groups in total. The normalized spacial score (nSPS) is 13.0. The fourth-order valence-electron chi connectivity index (χ4n) is 1.15. The third-order valence-electron chi connectivity index (χ3n) is 1.78. The molecule has 0 saturated heterocycles. The van der Waals surface area contributed by atoms with E-state index in [2.05, 4.69) is 6.07 Å². The van der Waals surface area contributed by atoms with Crippen LogP contribution in [0, 0.1) is 0 Å². The first-order valence-corrected chi connectivity index (χ1v) is 3.12. The molecule has 0 unspecified atom stereocenters. The molecule has 0 radical (unpaired) electrons. The van der Waals surface area contributed by atoms with E-state index in [1.807, 2.05) is 12.1 Å². The van der Waals surface area contributed by atoms with Crippen molar-refractivity contribution >= 4 is 0 Å². The fraction of sp³-hybridized carbons (Fsp3) is 0.250. The summed E-state index contributed by atoms with van der Waals surface area (Å²) in [5.74, 6) is 0. The molecule has 9 heavy (non-hydrogen) atoms. The highest BCUT2D eigenvalue weighted by Gasteiger charge is 2.18. The molecule has 2 rings (SSSR count). The molecular weight excluding hydrogens is 112 g/mol. The predicted octanol–water partition coefficient (Wildman–Crippen LogP) is 1.08. The highest BCUT2D eigenvalue weighted by Crippen LogP contribution is 2.30. The Morgan fingerprint density at radius 1 is 1.44 bits per heavy atom. The van der Waals surface area contributed by atoms with Gasteiger partial charge in [0.25, 0.3) is 0 Å². The van der Waals surface area contributed by atoms with Gasteiger partial charge in [-0.25, -0.2) is 0 Å². The molecule has 0 heterocycles. The van der Waals surface area contributed by atoms with Gasteiger partial charge in [0.1, 0.15) is 0 Å². The van der Waals surface area contributed by atoms with Crippen molar-refractivity contribution in [2.24, 2.45) is 0 Å². The zero-order chi connectivity index (χ0) is 6.27. The Hall–Kier alpha value is -0.820. The molecule has 0 atom stereocenters. The van der Waals surface area contributed by atoms with Gasteiger partial charge >= 0.3 is 0 Å². The highest BCUT2D eigenvalue weighted by molar-refractivity contribution is 5.50. The zero-order valence-electron chi connectivity index (χ0n) is 5.09. The summed E-state index contributed by atoms with van der Waals surface area (Å²) >= 11 is 0. The first-order chi connectivity index (χ1) is 4.42. The second kappa shape index (κ2) is 1.58. The third kappa shape index (κ3) is 0.653. The van der Waals surface area contributed by atoms with E-state index in [4.69, 9.17) is 5.11 Å². The molecule has 0 fully saturated rings. The van der Waals surface area contributed by atoms with Crippen LogP contribution in [0.4, 0.5) is 0 Å². The van der Waals surface area contributed by atoms with Crippen molar-refractivity contribution in [3.63, 3.8) is 0 Å². The van der Waals surface area contributed by atoms with Crippen LogP contribution in [0.5, 0.6) is 0 Å². The number of hydrogen-bond acceptors (Lipinski definition) is 1. The largest absolute Gasteiger partial charge is 0.392 e. The van der Waals surface area contributed by atoms with Crippen molar-refractivity contribution < 1.29 is 5.11 Å². The van der Waals surface area contributed by atoms with Crippen molar-refractivity contribution in [1.82, 2.24) is 0 Å². The summed E-state index contributed by atoms with van der Waals surface area (Å²) in [6, 6.07) is 6.08. The summed E-state index contributed by atoms with van der Waals surface area (Å²) in [6.45, 7) is 0.198. The van der Waals surface area contributed by atoms with E-state index in [0.717, 1.165) is 12.0 Å². The van der Waals surface area contributed by atoms with E-state index in [9.17, 15) is 0 Å². The van der Waals surface area contributed by atoms with Gasteiger partial charge in [-0.15, -0.1) is 0 Å². The van der Waals surface area contributed by atoms with Crippen LogP contribution in [-0.4, -0.2) is 5.11 Å². The number of fused-ring (bicyclic) bond motifs is 1. The third-order valence-corrected chi connectivity index (χ3v) is 1.78. The minimum absolute atomic E-state index is 0.198. The van der Waals surface area contributed by atoms with Crippen LogP contribution >= 0.6 is 0 Å². The van der Waals surface area contributed by atoms with Gasteiger partial charge in [-0.1, -0.05) is 18.2 Å². The summed E-state index contributed by atoms with van der Waals surface area (Å²) < 4.78 is 0. The summed E-state index contributed by atoms with van der Waals surface area (Å²) in [5, 5.41) is 8.75. The molecule has 1 heteroatoms. The van der Waals surface area contributed by atoms with Gasteiger partial charge in [-0.05, 0) is 23.1 Å². The number of benzene rings is 1. The molecule has 1 aliphatic rings. The van der Waals surface area contributed by atoms with Crippen LogP contribution in [0.3, 0.4) is 0 Å². The Morgan fingerprint density at radius 3 is 3.00 bits per heavy atom. The summed E-state index contributed by atoms with van der Waals surface area (Å²) in [5.41, 5.74) is 3.87. The maximum absolute atomic E-state index is 8.75. The van der Waals surface area contributed by atoms with Crippen LogP contribution in [0.1, 0.15) is 16.7 Å². The van der Waals surface area contributed by atoms with Crippen LogP contribution in [-0.2, 0) is 13.0 Å². The van der Waals surface area contributed by atoms with Gasteiger partial charge in [-0.2, -0.15) is 0 Å². The van der Waals surface area contributed by atoms with Gasteiger partial charge < -0.3 is 5.11 Å². The lowest BCUT2D eigenvalue weighted by Crippen LogP contribution is -1.79. The number of rotatable bonds is 1. The van der Waals surface area contributed by atoms with Crippen LogP contribution in [0.25, 0.3) is 0 Å². The monoisotopic (exact) mass is 120 g/mol. The summed E-state index contributed by atoms with van der Waals surface area (Å²) in [7, 11) is 0. The van der Waals surface area contributed by atoms with E-state index in [0.29, 0.717) is 0 Å². The molecule has 1 nitrogen and oxygen atoms in total.